The topological polar surface area (TPSA) is 41.6 Å². The highest BCUT2D eigenvalue weighted by molar-refractivity contribution is 6.36. The molecule has 0 atom stereocenters. The molecule has 0 spiro atoms. The van der Waals surface area contributed by atoms with Gasteiger partial charge >= 0.3 is 0 Å². The van der Waals surface area contributed by atoms with E-state index in [1.165, 1.54) is 0 Å². The minimum absolute atomic E-state index is 0.140. The normalized spacial score (nSPS) is 14.4. The summed E-state index contributed by atoms with van der Waals surface area (Å²) < 4.78 is 5.43. The Bertz CT molecular complexity index is 952. The Morgan fingerprint density at radius 1 is 0.923 bits per heavy atom. The number of amides is 1. The Morgan fingerprint density at radius 3 is 2.50 bits per heavy atom. The summed E-state index contributed by atoms with van der Waals surface area (Å²) in [6.07, 6.45) is 0. The number of hydrogen-bond acceptors (Lipinski definition) is 3. The zero-order valence-electron chi connectivity index (χ0n) is 14.2. The lowest BCUT2D eigenvalue weighted by atomic mass is 10.0. The van der Waals surface area contributed by atoms with Gasteiger partial charge in [0.2, 0.25) is 0 Å². The van der Waals surface area contributed by atoms with Crippen molar-refractivity contribution in [2.75, 3.05) is 36.5 Å². The monoisotopic (exact) mass is 366 g/mol. The van der Waals surface area contributed by atoms with E-state index in [4.69, 9.17) is 16.3 Å². The van der Waals surface area contributed by atoms with Crippen molar-refractivity contribution >= 4 is 39.7 Å². The molecule has 132 valence electrons. The molecule has 0 bridgehead atoms. The molecular formula is C21H19ClN2O2. The van der Waals surface area contributed by atoms with Crippen molar-refractivity contribution in [3.63, 3.8) is 0 Å². The SMILES string of the molecule is O=C(Nc1ccccc1N1CCOCC1)c1cccc2c(Cl)cccc12. The first-order chi connectivity index (χ1) is 12.7. The fourth-order valence-corrected chi connectivity index (χ4v) is 3.56. The molecule has 4 rings (SSSR count). The van der Waals surface area contributed by atoms with Gasteiger partial charge in [0.05, 0.1) is 24.6 Å². The summed E-state index contributed by atoms with van der Waals surface area (Å²) in [5.74, 6) is -0.140. The van der Waals surface area contributed by atoms with Gasteiger partial charge < -0.3 is 15.0 Å². The van der Waals surface area contributed by atoms with E-state index in [2.05, 4.69) is 10.2 Å². The van der Waals surface area contributed by atoms with Gasteiger partial charge in [-0.3, -0.25) is 4.79 Å². The Hall–Kier alpha value is -2.56. The number of carbonyl (C=O) groups is 1. The van der Waals surface area contributed by atoms with Crippen molar-refractivity contribution in [1.29, 1.82) is 0 Å². The van der Waals surface area contributed by atoms with Crippen molar-refractivity contribution in [3.05, 3.63) is 71.2 Å². The van der Waals surface area contributed by atoms with E-state index in [9.17, 15) is 4.79 Å². The van der Waals surface area contributed by atoms with Crippen LogP contribution in [0.5, 0.6) is 0 Å². The molecule has 0 unspecified atom stereocenters. The van der Waals surface area contributed by atoms with Gasteiger partial charge in [0.25, 0.3) is 5.91 Å². The zero-order valence-corrected chi connectivity index (χ0v) is 15.0. The molecule has 1 amide bonds. The first kappa shape index (κ1) is 16.9. The summed E-state index contributed by atoms with van der Waals surface area (Å²) in [5.41, 5.74) is 2.43. The molecule has 3 aromatic rings. The van der Waals surface area contributed by atoms with Crippen LogP contribution in [0, 0.1) is 0 Å². The maximum absolute atomic E-state index is 13.0. The largest absolute Gasteiger partial charge is 0.378 e. The molecule has 1 fully saturated rings. The lowest BCUT2D eigenvalue weighted by molar-refractivity contribution is 0.102. The van der Waals surface area contributed by atoms with E-state index in [-0.39, 0.29) is 5.91 Å². The third kappa shape index (κ3) is 3.26. The van der Waals surface area contributed by atoms with Crippen LogP contribution >= 0.6 is 11.6 Å². The number of hydrogen-bond donors (Lipinski definition) is 1. The van der Waals surface area contributed by atoms with Crippen molar-refractivity contribution in [3.8, 4) is 0 Å². The van der Waals surface area contributed by atoms with Gasteiger partial charge in [0.1, 0.15) is 0 Å². The van der Waals surface area contributed by atoms with Crippen LogP contribution in [0.3, 0.4) is 0 Å². The number of ether oxygens (including phenoxy) is 1. The predicted molar refractivity (Wildman–Crippen MR) is 106 cm³/mol. The second-order valence-corrected chi connectivity index (χ2v) is 6.62. The maximum Gasteiger partial charge on any atom is 0.256 e. The molecule has 1 heterocycles. The van der Waals surface area contributed by atoms with Gasteiger partial charge in [-0.05, 0) is 29.7 Å². The maximum atomic E-state index is 13.0. The first-order valence-electron chi connectivity index (χ1n) is 8.64. The number of anilines is 2. The van der Waals surface area contributed by atoms with Gasteiger partial charge in [-0.2, -0.15) is 0 Å². The van der Waals surface area contributed by atoms with Gasteiger partial charge in [-0.1, -0.05) is 48.0 Å². The van der Waals surface area contributed by atoms with Gasteiger partial charge in [-0.15, -0.1) is 0 Å². The molecule has 0 saturated carbocycles. The molecule has 0 aliphatic carbocycles. The number of morpholine rings is 1. The van der Waals surface area contributed by atoms with Crippen LogP contribution in [-0.4, -0.2) is 32.2 Å². The van der Waals surface area contributed by atoms with Crippen molar-refractivity contribution < 1.29 is 9.53 Å². The average molecular weight is 367 g/mol. The number of nitrogens with one attached hydrogen (secondary N) is 1. The van der Waals surface area contributed by atoms with Gasteiger partial charge in [0.15, 0.2) is 0 Å². The Labute approximate surface area is 157 Å². The highest BCUT2D eigenvalue weighted by Crippen LogP contribution is 2.29. The van der Waals surface area contributed by atoms with Gasteiger partial charge in [-0.25, -0.2) is 0 Å². The van der Waals surface area contributed by atoms with Crippen LogP contribution in [0.1, 0.15) is 10.4 Å². The molecule has 1 N–H and O–H groups in total. The predicted octanol–water partition coefficient (Wildman–Crippen LogP) is 4.58. The average Bonchev–Trinajstić information content (AvgIpc) is 2.69. The van der Waals surface area contributed by atoms with Crippen molar-refractivity contribution in [1.82, 2.24) is 0 Å². The number of nitrogens with zero attached hydrogens (tertiary/aromatic N) is 1. The summed E-state index contributed by atoms with van der Waals surface area (Å²) in [5, 5.41) is 5.44. The fraction of sp³-hybridized carbons (Fsp3) is 0.190. The number of fused-ring (bicyclic) bond motifs is 1. The zero-order chi connectivity index (χ0) is 17.9. The van der Waals surface area contributed by atoms with Crippen LogP contribution in [-0.2, 0) is 4.74 Å². The molecule has 0 radical (unpaired) electrons. The first-order valence-corrected chi connectivity index (χ1v) is 9.02. The highest BCUT2D eigenvalue weighted by atomic mass is 35.5. The number of rotatable bonds is 3. The molecule has 1 aliphatic rings. The minimum atomic E-state index is -0.140. The second-order valence-electron chi connectivity index (χ2n) is 6.21. The molecular weight excluding hydrogens is 348 g/mol. The highest BCUT2D eigenvalue weighted by Gasteiger charge is 2.17. The lowest BCUT2D eigenvalue weighted by Crippen LogP contribution is -2.36. The standard InChI is InChI=1S/C21H19ClN2O2/c22-18-8-4-5-15-16(18)6-3-7-17(15)21(25)23-19-9-1-2-10-20(19)24-11-13-26-14-12-24/h1-10H,11-14H2,(H,23,25). The number of benzene rings is 3. The Balaban J connectivity index is 1.67. The van der Waals surface area contributed by atoms with E-state index in [1.54, 1.807) is 0 Å². The smallest absolute Gasteiger partial charge is 0.256 e. The lowest BCUT2D eigenvalue weighted by Gasteiger charge is -2.30. The van der Waals surface area contributed by atoms with Crippen LogP contribution < -0.4 is 10.2 Å². The molecule has 1 saturated heterocycles. The molecule has 26 heavy (non-hydrogen) atoms. The summed E-state index contributed by atoms with van der Waals surface area (Å²) in [6.45, 7) is 3.03. The molecule has 4 nitrogen and oxygen atoms in total. The quantitative estimate of drug-likeness (QED) is 0.737. The van der Waals surface area contributed by atoms with E-state index in [0.717, 1.165) is 35.2 Å². The van der Waals surface area contributed by atoms with E-state index in [0.29, 0.717) is 23.8 Å². The summed E-state index contributed by atoms with van der Waals surface area (Å²) in [4.78, 5) is 15.2. The molecule has 0 aromatic heterocycles. The number of carbonyl (C=O) groups excluding carboxylic acids is 1. The van der Waals surface area contributed by atoms with E-state index >= 15 is 0 Å². The number of para-hydroxylation sites is 2. The minimum Gasteiger partial charge on any atom is -0.378 e. The van der Waals surface area contributed by atoms with Crippen LogP contribution in [0.4, 0.5) is 11.4 Å². The van der Waals surface area contributed by atoms with Gasteiger partial charge in [0, 0.05) is 29.1 Å². The second kappa shape index (κ2) is 7.36. The Kier molecular flexibility index (Phi) is 4.78. The summed E-state index contributed by atoms with van der Waals surface area (Å²) >= 11 is 6.27. The van der Waals surface area contributed by atoms with Crippen LogP contribution in [0.2, 0.25) is 5.02 Å². The fourth-order valence-electron chi connectivity index (χ4n) is 3.32. The van der Waals surface area contributed by atoms with E-state index < -0.39 is 0 Å². The third-order valence-electron chi connectivity index (χ3n) is 4.62. The van der Waals surface area contributed by atoms with Crippen molar-refractivity contribution in [2.45, 2.75) is 0 Å². The van der Waals surface area contributed by atoms with E-state index in [1.807, 2.05) is 60.7 Å². The van der Waals surface area contributed by atoms with Crippen molar-refractivity contribution in [2.24, 2.45) is 0 Å². The molecule has 1 aliphatic heterocycles. The van der Waals surface area contributed by atoms with Crippen LogP contribution in [0.25, 0.3) is 10.8 Å². The third-order valence-corrected chi connectivity index (χ3v) is 4.95. The van der Waals surface area contributed by atoms with Crippen LogP contribution in [0.15, 0.2) is 60.7 Å². The molecule has 3 aromatic carbocycles. The Morgan fingerprint density at radius 2 is 1.65 bits per heavy atom. The molecule has 5 heteroatoms. The summed E-state index contributed by atoms with van der Waals surface area (Å²) in [6, 6.07) is 19.1. The number of halogens is 1. The summed E-state index contributed by atoms with van der Waals surface area (Å²) in [7, 11) is 0.